The van der Waals surface area contributed by atoms with E-state index in [9.17, 15) is 4.79 Å². The number of benzene rings is 2. The summed E-state index contributed by atoms with van der Waals surface area (Å²) in [6, 6.07) is 13.7. The first-order chi connectivity index (χ1) is 13.5. The van der Waals surface area contributed by atoms with E-state index in [0.29, 0.717) is 16.6 Å². The van der Waals surface area contributed by atoms with Gasteiger partial charge < -0.3 is 9.88 Å². The molecule has 4 rings (SSSR count). The minimum atomic E-state index is -0.134. The average molecular weight is 413 g/mol. The highest BCUT2D eigenvalue weighted by Gasteiger charge is 2.28. The largest absolute Gasteiger partial charge is 0.322 e. The van der Waals surface area contributed by atoms with Crippen molar-refractivity contribution in [2.45, 2.75) is 43.6 Å². The Morgan fingerprint density at radius 3 is 2.61 bits per heavy atom. The zero-order valence-corrected chi connectivity index (χ0v) is 17.3. The molecule has 0 bridgehead atoms. The predicted octanol–water partition coefficient (Wildman–Crippen LogP) is 5.43. The van der Waals surface area contributed by atoms with Crippen LogP contribution in [0.4, 0.5) is 5.69 Å². The van der Waals surface area contributed by atoms with Gasteiger partial charge in [0.05, 0.1) is 0 Å². The third-order valence-electron chi connectivity index (χ3n) is 4.75. The van der Waals surface area contributed by atoms with Crippen LogP contribution in [-0.4, -0.2) is 20.7 Å². The second-order valence-electron chi connectivity index (χ2n) is 7.03. The van der Waals surface area contributed by atoms with Gasteiger partial charge in [-0.2, -0.15) is 0 Å². The molecule has 0 unspecified atom stereocenters. The summed E-state index contributed by atoms with van der Waals surface area (Å²) in [5, 5.41) is 13.1. The van der Waals surface area contributed by atoms with Crippen LogP contribution in [0.3, 0.4) is 0 Å². The zero-order chi connectivity index (χ0) is 19.7. The molecule has 1 saturated carbocycles. The number of hydrogen-bond acceptors (Lipinski definition) is 4. The lowest BCUT2D eigenvalue weighted by molar-refractivity contribution is 0.102. The lowest BCUT2D eigenvalue weighted by atomic mass is 10.1. The molecule has 1 N–H and O–H groups in total. The highest BCUT2D eigenvalue weighted by Crippen LogP contribution is 2.39. The fourth-order valence-electron chi connectivity index (χ4n) is 3.03. The van der Waals surface area contributed by atoms with Crippen molar-refractivity contribution < 1.29 is 4.79 Å². The van der Waals surface area contributed by atoms with Crippen molar-refractivity contribution in [3.63, 3.8) is 0 Å². The van der Waals surface area contributed by atoms with Gasteiger partial charge in [0.1, 0.15) is 5.82 Å². The van der Waals surface area contributed by atoms with E-state index in [2.05, 4.69) is 20.1 Å². The number of carbonyl (C=O) groups excluding carboxylic acids is 1. The van der Waals surface area contributed by atoms with E-state index in [1.807, 2.05) is 44.2 Å². The monoisotopic (exact) mass is 412 g/mol. The summed E-state index contributed by atoms with van der Waals surface area (Å²) < 4.78 is 2.24. The van der Waals surface area contributed by atoms with E-state index in [-0.39, 0.29) is 5.91 Å². The second kappa shape index (κ2) is 7.97. The van der Waals surface area contributed by atoms with Crippen LogP contribution in [0.25, 0.3) is 0 Å². The molecule has 3 aromatic rings. The Hall–Kier alpha value is -2.31. The van der Waals surface area contributed by atoms with Crippen molar-refractivity contribution >= 4 is 35.0 Å². The Labute approximate surface area is 173 Å². The van der Waals surface area contributed by atoms with Crippen LogP contribution in [0.2, 0.25) is 5.02 Å². The molecule has 1 heterocycles. The highest BCUT2D eigenvalue weighted by atomic mass is 35.5. The summed E-state index contributed by atoms with van der Waals surface area (Å²) in [7, 11) is 0. The molecule has 1 fully saturated rings. The van der Waals surface area contributed by atoms with Crippen molar-refractivity contribution in [3.8, 4) is 0 Å². The fourth-order valence-corrected chi connectivity index (χ4v) is 4.15. The molecule has 28 heavy (non-hydrogen) atoms. The van der Waals surface area contributed by atoms with Gasteiger partial charge in [-0.1, -0.05) is 35.5 Å². The van der Waals surface area contributed by atoms with Gasteiger partial charge in [-0.05, 0) is 68.1 Å². The lowest BCUT2D eigenvalue weighted by Crippen LogP contribution is -2.11. The molecule has 7 heteroatoms. The van der Waals surface area contributed by atoms with Crippen molar-refractivity contribution in [2.24, 2.45) is 0 Å². The molecule has 1 amide bonds. The lowest BCUT2D eigenvalue weighted by Gasteiger charge is -2.08. The number of aromatic nitrogens is 3. The summed E-state index contributed by atoms with van der Waals surface area (Å²) in [6.45, 7) is 3.92. The van der Waals surface area contributed by atoms with Crippen LogP contribution in [0.1, 0.15) is 46.2 Å². The molecule has 1 aromatic heterocycles. The summed E-state index contributed by atoms with van der Waals surface area (Å²) in [5.74, 6) is 1.64. The third kappa shape index (κ3) is 4.23. The van der Waals surface area contributed by atoms with Crippen LogP contribution >= 0.6 is 23.4 Å². The molecule has 0 radical (unpaired) electrons. The number of hydrogen-bond donors (Lipinski definition) is 1. The van der Waals surface area contributed by atoms with Crippen molar-refractivity contribution in [1.82, 2.24) is 14.8 Å². The summed E-state index contributed by atoms with van der Waals surface area (Å²) >= 11 is 7.72. The number of rotatable bonds is 6. The Morgan fingerprint density at radius 2 is 1.93 bits per heavy atom. The molecular weight excluding hydrogens is 392 g/mol. The van der Waals surface area contributed by atoms with E-state index >= 15 is 0 Å². The van der Waals surface area contributed by atoms with Gasteiger partial charge in [-0.15, -0.1) is 10.2 Å². The number of amides is 1. The van der Waals surface area contributed by atoms with Crippen molar-refractivity contribution in [2.75, 3.05) is 5.32 Å². The maximum Gasteiger partial charge on any atom is 0.255 e. The molecule has 0 spiro atoms. The average Bonchev–Trinajstić information content (AvgIpc) is 3.46. The quantitative estimate of drug-likeness (QED) is 0.548. The number of nitrogens with one attached hydrogen (secondary N) is 1. The highest BCUT2D eigenvalue weighted by molar-refractivity contribution is 7.98. The molecule has 144 valence electrons. The number of anilines is 1. The van der Waals surface area contributed by atoms with Crippen LogP contribution in [0.5, 0.6) is 0 Å². The maximum absolute atomic E-state index is 12.5. The predicted molar refractivity (Wildman–Crippen MR) is 113 cm³/mol. The molecule has 0 saturated heterocycles. The Kier molecular flexibility index (Phi) is 5.42. The Bertz CT molecular complexity index is 1010. The molecule has 1 aliphatic rings. The molecule has 0 atom stereocenters. The smallest absolute Gasteiger partial charge is 0.255 e. The SMILES string of the molecule is Cc1cc(NC(=O)c2ccc(CSc3nnc(C)n3C3CC3)cc2)ccc1Cl. The van der Waals surface area contributed by atoms with Crippen LogP contribution in [0.15, 0.2) is 47.6 Å². The van der Waals surface area contributed by atoms with Crippen molar-refractivity contribution in [3.05, 3.63) is 70.0 Å². The number of thioether (sulfide) groups is 1. The first-order valence-corrected chi connectivity index (χ1v) is 10.6. The normalized spacial score (nSPS) is 13.5. The molecule has 5 nitrogen and oxygen atoms in total. The van der Waals surface area contributed by atoms with E-state index < -0.39 is 0 Å². The minimum Gasteiger partial charge on any atom is -0.322 e. The van der Waals surface area contributed by atoms with Gasteiger partial charge in [0.25, 0.3) is 5.91 Å². The number of carbonyl (C=O) groups is 1. The van der Waals surface area contributed by atoms with Gasteiger partial charge >= 0.3 is 0 Å². The number of nitrogens with zero attached hydrogens (tertiary/aromatic N) is 3. The van der Waals surface area contributed by atoms with E-state index in [4.69, 9.17) is 11.6 Å². The molecule has 0 aliphatic heterocycles. The third-order valence-corrected chi connectivity index (χ3v) is 6.19. The van der Waals surface area contributed by atoms with Crippen molar-refractivity contribution in [1.29, 1.82) is 0 Å². The number of halogens is 1. The van der Waals surface area contributed by atoms with Crippen LogP contribution in [-0.2, 0) is 5.75 Å². The second-order valence-corrected chi connectivity index (χ2v) is 8.38. The van der Waals surface area contributed by atoms with Gasteiger partial charge in [-0.3, -0.25) is 4.79 Å². The maximum atomic E-state index is 12.5. The molecular formula is C21H21ClN4OS. The van der Waals surface area contributed by atoms with Gasteiger partial charge in [-0.25, -0.2) is 0 Å². The minimum absolute atomic E-state index is 0.134. The van der Waals surface area contributed by atoms with Gasteiger partial charge in [0, 0.05) is 28.1 Å². The van der Waals surface area contributed by atoms with E-state index in [1.165, 1.54) is 12.8 Å². The molecule has 2 aromatic carbocycles. The standard InChI is InChI=1S/C21H21ClN4OS/c1-13-11-17(7-10-19(13)22)23-20(27)16-5-3-15(4-6-16)12-28-21-25-24-14(2)26(21)18-8-9-18/h3-7,10-11,18H,8-9,12H2,1-2H3,(H,23,27). The van der Waals surface area contributed by atoms with Gasteiger partial charge in [0.15, 0.2) is 5.16 Å². The molecule has 1 aliphatic carbocycles. The first-order valence-electron chi connectivity index (χ1n) is 9.22. The first kappa shape index (κ1) is 19.0. The summed E-state index contributed by atoms with van der Waals surface area (Å²) in [5.41, 5.74) is 3.44. The zero-order valence-electron chi connectivity index (χ0n) is 15.8. The summed E-state index contributed by atoms with van der Waals surface area (Å²) in [6.07, 6.45) is 2.42. The van der Waals surface area contributed by atoms with Crippen LogP contribution < -0.4 is 5.32 Å². The van der Waals surface area contributed by atoms with Gasteiger partial charge in [0.2, 0.25) is 0 Å². The number of aryl methyl sites for hydroxylation is 2. The van der Waals surface area contributed by atoms with E-state index in [1.54, 1.807) is 23.9 Å². The fraction of sp³-hybridized carbons (Fsp3) is 0.286. The topological polar surface area (TPSA) is 59.8 Å². The van der Waals surface area contributed by atoms with Crippen LogP contribution in [0, 0.1) is 13.8 Å². The van der Waals surface area contributed by atoms with E-state index in [0.717, 1.165) is 33.5 Å². The Balaban J connectivity index is 1.38. The Morgan fingerprint density at radius 1 is 1.18 bits per heavy atom. The summed E-state index contributed by atoms with van der Waals surface area (Å²) in [4.78, 5) is 12.5.